The molecule has 4 N–H and O–H groups in total. The SMILES string of the molecule is COc1ccc(C(=O)NCCCNC(=O)CCC(=O)NCCOCCOCCOCCCNC(=O)OC2CC[C@@]3(C)C(=CC[C@H]4[C@@H]5CC[C@H]([C@H](C)CCCC(C)C)[C@@]5(C)CC[C@@H]43)C2)cc1. The number of amides is 4. The molecule has 5 rings (SSSR count). The van der Waals surface area contributed by atoms with Gasteiger partial charge >= 0.3 is 6.09 Å². The average molecular weight is 909 g/mol. The van der Waals surface area contributed by atoms with E-state index in [0.29, 0.717) is 95.4 Å². The van der Waals surface area contributed by atoms with Gasteiger partial charge in [-0.25, -0.2) is 4.79 Å². The number of alkyl carbamates (subject to hydrolysis) is 1. The molecule has 0 radical (unpaired) electrons. The highest BCUT2D eigenvalue weighted by atomic mass is 16.6. The molecule has 1 aromatic carbocycles. The van der Waals surface area contributed by atoms with Crippen LogP contribution in [0.4, 0.5) is 4.79 Å². The lowest BCUT2D eigenvalue weighted by Gasteiger charge is -2.58. The Morgan fingerprint density at radius 3 is 2.06 bits per heavy atom. The summed E-state index contributed by atoms with van der Waals surface area (Å²) in [6.07, 6.45) is 17.5. The third kappa shape index (κ3) is 15.7. The summed E-state index contributed by atoms with van der Waals surface area (Å²) in [6, 6.07) is 6.83. The largest absolute Gasteiger partial charge is 0.497 e. The topological polar surface area (TPSA) is 163 Å². The Hall–Kier alpha value is -3.68. The van der Waals surface area contributed by atoms with Crippen molar-refractivity contribution in [2.24, 2.45) is 46.3 Å². The second-order valence-corrected chi connectivity index (χ2v) is 20.2. The van der Waals surface area contributed by atoms with Crippen LogP contribution in [-0.4, -0.2) is 103 Å². The van der Waals surface area contributed by atoms with Crippen molar-refractivity contribution in [2.75, 3.05) is 72.9 Å². The Labute approximate surface area is 390 Å². The standard InChI is InChI=1S/C52H84N4O9/c1-37(2)10-7-11-38(3)44-18-19-45-43-17-14-40-36-42(22-24-51(40,4)46(43)23-25-52(44,45)5)65-50(60)56-28-9-30-62-32-34-64-35-33-63-31-29-54-48(58)21-20-47(57)53-26-8-27-55-49(59)39-12-15-41(61-6)16-13-39/h12-16,37-38,42-46H,7-11,17-36H2,1-6H3,(H,53,57)(H,54,58)(H,55,59)(H,56,60)/t38-,42?,43+,44-,45+,46+,51+,52-/m1/s1. The predicted octanol–water partition coefficient (Wildman–Crippen LogP) is 8.40. The van der Waals surface area contributed by atoms with E-state index in [9.17, 15) is 19.2 Å². The molecule has 3 fully saturated rings. The molecule has 4 aliphatic rings. The monoisotopic (exact) mass is 909 g/mol. The first kappa shape index (κ1) is 52.3. The first-order valence-corrected chi connectivity index (χ1v) is 25.2. The number of rotatable bonds is 28. The van der Waals surface area contributed by atoms with Gasteiger partial charge in [0.1, 0.15) is 11.9 Å². The quantitative estimate of drug-likeness (QED) is 0.0478. The Morgan fingerprint density at radius 2 is 1.35 bits per heavy atom. The van der Waals surface area contributed by atoms with Gasteiger partial charge in [-0.2, -0.15) is 0 Å². The fraction of sp³-hybridized carbons (Fsp3) is 0.769. The van der Waals surface area contributed by atoms with Crippen molar-refractivity contribution < 1.29 is 42.9 Å². The van der Waals surface area contributed by atoms with Crippen molar-refractivity contribution in [3.63, 3.8) is 0 Å². The van der Waals surface area contributed by atoms with Gasteiger partial charge < -0.3 is 45.0 Å². The number of nitrogens with one attached hydrogen (secondary N) is 4. The van der Waals surface area contributed by atoms with Crippen molar-refractivity contribution in [2.45, 2.75) is 137 Å². The number of fused-ring (bicyclic) bond motifs is 5. The molecule has 4 amide bonds. The minimum atomic E-state index is -0.329. The summed E-state index contributed by atoms with van der Waals surface area (Å²) in [4.78, 5) is 49.1. The van der Waals surface area contributed by atoms with Gasteiger partial charge in [0.15, 0.2) is 0 Å². The molecule has 13 heteroatoms. The first-order valence-electron chi connectivity index (χ1n) is 25.2. The maximum absolute atomic E-state index is 12.7. The average Bonchev–Trinajstić information content (AvgIpc) is 3.65. The third-order valence-electron chi connectivity index (χ3n) is 15.5. The van der Waals surface area contributed by atoms with Crippen molar-refractivity contribution in [3.8, 4) is 5.75 Å². The number of hydrogen-bond acceptors (Lipinski definition) is 9. The van der Waals surface area contributed by atoms with Crippen LogP contribution in [0.15, 0.2) is 35.9 Å². The molecule has 0 heterocycles. The van der Waals surface area contributed by atoms with E-state index in [-0.39, 0.29) is 48.2 Å². The second-order valence-electron chi connectivity index (χ2n) is 20.2. The second kappa shape index (κ2) is 26.6. The van der Waals surface area contributed by atoms with Crippen molar-refractivity contribution in [1.29, 1.82) is 0 Å². The van der Waals surface area contributed by atoms with Crippen LogP contribution in [0.2, 0.25) is 0 Å². The van der Waals surface area contributed by atoms with Gasteiger partial charge in [-0.15, -0.1) is 0 Å². The fourth-order valence-corrected chi connectivity index (χ4v) is 11.9. The van der Waals surface area contributed by atoms with E-state index in [1.807, 2.05) is 0 Å². The minimum Gasteiger partial charge on any atom is -0.497 e. The molecule has 0 aromatic heterocycles. The third-order valence-corrected chi connectivity index (χ3v) is 15.5. The number of benzene rings is 1. The first-order chi connectivity index (χ1) is 31.3. The van der Waals surface area contributed by atoms with Gasteiger partial charge in [0.05, 0.1) is 40.1 Å². The molecule has 13 nitrogen and oxygen atoms in total. The van der Waals surface area contributed by atoms with Crippen LogP contribution < -0.4 is 26.0 Å². The van der Waals surface area contributed by atoms with E-state index in [4.69, 9.17) is 23.7 Å². The molecule has 0 saturated heterocycles. The Morgan fingerprint density at radius 1 is 0.692 bits per heavy atom. The maximum Gasteiger partial charge on any atom is 0.407 e. The molecule has 65 heavy (non-hydrogen) atoms. The van der Waals surface area contributed by atoms with Gasteiger partial charge in [-0.1, -0.05) is 65.5 Å². The van der Waals surface area contributed by atoms with Gasteiger partial charge in [0.2, 0.25) is 11.8 Å². The van der Waals surface area contributed by atoms with Crippen molar-refractivity contribution >= 4 is 23.8 Å². The summed E-state index contributed by atoms with van der Waals surface area (Å²) >= 11 is 0. The zero-order valence-electron chi connectivity index (χ0n) is 40.8. The molecule has 8 atom stereocenters. The van der Waals surface area contributed by atoms with Crippen LogP contribution in [0.25, 0.3) is 0 Å². The van der Waals surface area contributed by atoms with Crippen LogP contribution in [0, 0.1) is 46.3 Å². The number of methoxy groups -OCH3 is 1. The van der Waals surface area contributed by atoms with E-state index in [0.717, 1.165) is 54.8 Å². The van der Waals surface area contributed by atoms with Crippen molar-refractivity contribution in [1.82, 2.24) is 21.3 Å². The minimum absolute atomic E-state index is 0.0538. The van der Waals surface area contributed by atoms with Gasteiger partial charge in [0.25, 0.3) is 5.91 Å². The molecule has 0 spiro atoms. The van der Waals surface area contributed by atoms with Gasteiger partial charge in [-0.3, -0.25) is 14.4 Å². The number of carbonyl (C=O) groups excluding carboxylic acids is 4. The molecule has 366 valence electrons. The zero-order valence-corrected chi connectivity index (χ0v) is 40.8. The van der Waals surface area contributed by atoms with E-state index in [1.165, 1.54) is 51.4 Å². The number of carbonyl (C=O) groups is 4. The summed E-state index contributed by atoms with van der Waals surface area (Å²) < 4.78 is 27.8. The molecule has 3 saturated carbocycles. The lowest BCUT2D eigenvalue weighted by molar-refractivity contribution is -0.126. The lowest BCUT2D eigenvalue weighted by Crippen LogP contribution is -2.51. The molecule has 1 aromatic rings. The van der Waals surface area contributed by atoms with E-state index in [1.54, 1.807) is 36.9 Å². The smallest absolute Gasteiger partial charge is 0.407 e. The van der Waals surface area contributed by atoms with Gasteiger partial charge in [-0.05, 0) is 128 Å². The van der Waals surface area contributed by atoms with Crippen LogP contribution in [0.3, 0.4) is 0 Å². The predicted molar refractivity (Wildman–Crippen MR) is 254 cm³/mol. The van der Waals surface area contributed by atoms with E-state index < -0.39 is 0 Å². The van der Waals surface area contributed by atoms with Crippen LogP contribution in [-0.2, 0) is 28.5 Å². The summed E-state index contributed by atoms with van der Waals surface area (Å²) in [7, 11) is 1.57. The summed E-state index contributed by atoms with van der Waals surface area (Å²) in [5.41, 5.74) is 2.82. The van der Waals surface area contributed by atoms with Crippen molar-refractivity contribution in [3.05, 3.63) is 41.5 Å². The maximum atomic E-state index is 12.7. The molecular formula is C52H84N4O9. The lowest BCUT2D eigenvalue weighted by atomic mass is 9.47. The summed E-state index contributed by atoms with van der Waals surface area (Å²) in [5, 5.41) is 11.3. The molecule has 0 aliphatic heterocycles. The number of ether oxygens (including phenoxy) is 5. The Kier molecular flexibility index (Phi) is 21.4. The van der Waals surface area contributed by atoms with Crippen LogP contribution >= 0.6 is 0 Å². The molecular weight excluding hydrogens is 825 g/mol. The zero-order chi connectivity index (χ0) is 46.7. The number of allylic oxidation sites excluding steroid dienone is 1. The van der Waals surface area contributed by atoms with E-state index in [2.05, 4.69) is 62.0 Å². The Balaban J connectivity index is 0.809. The summed E-state index contributed by atoms with van der Waals surface area (Å²) in [5.74, 6) is 4.99. The highest BCUT2D eigenvalue weighted by Crippen LogP contribution is 2.67. The van der Waals surface area contributed by atoms with E-state index >= 15 is 0 Å². The fourth-order valence-electron chi connectivity index (χ4n) is 11.9. The number of hydrogen-bond donors (Lipinski definition) is 4. The van der Waals surface area contributed by atoms with Crippen LogP contribution in [0.5, 0.6) is 5.75 Å². The molecule has 0 bridgehead atoms. The summed E-state index contributed by atoms with van der Waals surface area (Å²) in [6.45, 7) is 16.7. The Bertz CT molecular complexity index is 1670. The highest BCUT2D eigenvalue weighted by molar-refractivity contribution is 5.94. The van der Waals surface area contributed by atoms with Gasteiger partial charge in [0, 0.05) is 57.6 Å². The molecule has 1 unspecified atom stereocenters. The van der Waals surface area contributed by atoms with Crippen LogP contribution in [0.1, 0.15) is 141 Å². The molecule has 4 aliphatic carbocycles. The highest BCUT2D eigenvalue weighted by Gasteiger charge is 2.59. The normalized spacial score (nSPS) is 26.2.